The van der Waals surface area contributed by atoms with Crippen LogP contribution >= 0.6 is 11.8 Å². The number of aryl methyl sites for hydroxylation is 1. The van der Waals surface area contributed by atoms with Gasteiger partial charge in [-0.2, -0.15) is 5.26 Å². The van der Waals surface area contributed by atoms with Crippen LogP contribution in [0.15, 0.2) is 29.3 Å². The van der Waals surface area contributed by atoms with Crippen LogP contribution in [0.5, 0.6) is 0 Å². The van der Waals surface area contributed by atoms with Crippen molar-refractivity contribution in [2.45, 2.75) is 31.7 Å². The van der Waals surface area contributed by atoms with Gasteiger partial charge >= 0.3 is 0 Å². The Morgan fingerprint density at radius 2 is 2.29 bits per heavy atom. The van der Waals surface area contributed by atoms with Gasteiger partial charge in [0, 0.05) is 18.5 Å². The summed E-state index contributed by atoms with van der Waals surface area (Å²) in [5.74, 6) is 1.05. The van der Waals surface area contributed by atoms with Crippen molar-refractivity contribution in [1.82, 2.24) is 9.88 Å². The lowest BCUT2D eigenvalue weighted by Gasteiger charge is -2.30. The molecule has 2 aromatic rings. The largest absolute Gasteiger partial charge is 0.342 e. The Balaban J connectivity index is 1.76. The van der Waals surface area contributed by atoms with E-state index in [1.54, 1.807) is 0 Å². The van der Waals surface area contributed by atoms with Gasteiger partial charge in [-0.25, -0.2) is 4.98 Å². The Labute approximate surface area is 146 Å². The number of nitriles is 1. The molecule has 0 spiro atoms. The van der Waals surface area contributed by atoms with Crippen LogP contribution in [0.1, 0.15) is 30.9 Å². The van der Waals surface area contributed by atoms with Crippen LogP contribution in [0.2, 0.25) is 0 Å². The number of amides is 1. The van der Waals surface area contributed by atoms with E-state index in [0.29, 0.717) is 22.3 Å². The second-order valence-electron chi connectivity index (χ2n) is 6.52. The minimum absolute atomic E-state index is 0.140. The first-order valence-electron chi connectivity index (χ1n) is 8.29. The highest BCUT2D eigenvalue weighted by Crippen LogP contribution is 2.26. The van der Waals surface area contributed by atoms with E-state index in [1.807, 2.05) is 36.1 Å². The van der Waals surface area contributed by atoms with Crippen LogP contribution in [0.3, 0.4) is 0 Å². The predicted octanol–water partition coefficient (Wildman–Crippen LogP) is 3.77. The molecule has 1 aliphatic heterocycles. The van der Waals surface area contributed by atoms with Crippen molar-refractivity contribution >= 4 is 28.6 Å². The van der Waals surface area contributed by atoms with Crippen LogP contribution < -0.4 is 0 Å². The smallest absolute Gasteiger partial charge is 0.232 e. The van der Waals surface area contributed by atoms with Crippen molar-refractivity contribution in [3.05, 3.63) is 35.4 Å². The zero-order valence-corrected chi connectivity index (χ0v) is 14.9. The fraction of sp³-hybridized carbons (Fsp3) is 0.421. The third-order valence-electron chi connectivity index (χ3n) is 4.40. The maximum Gasteiger partial charge on any atom is 0.232 e. The summed E-state index contributed by atoms with van der Waals surface area (Å²) in [7, 11) is 0. The number of pyridine rings is 1. The van der Waals surface area contributed by atoms with Crippen molar-refractivity contribution in [3.63, 3.8) is 0 Å². The number of piperidine rings is 1. The molecule has 5 heteroatoms. The molecule has 1 fully saturated rings. The van der Waals surface area contributed by atoms with Gasteiger partial charge in [-0.05, 0) is 43.9 Å². The number of rotatable bonds is 3. The van der Waals surface area contributed by atoms with E-state index >= 15 is 0 Å². The SMILES string of the molecule is Cc1ccc2nc(SCC(=O)N3CCC[C@@H](C)C3)c(C#N)cc2c1. The number of likely N-dealkylation sites (tertiary alicyclic amines) is 1. The highest BCUT2D eigenvalue weighted by Gasteiger charge is 2.21. The van der Waals surface area contributed by atoms with Crippen molar-refractivity contribution in [1.29, 1.82) is 5.26 Å². The third kappa shape index (κ3) is 3.70. The van der Waals surface area contributed by atoms with E-state index in [1.165, 1.54) is 18.2 Å². The zero-order chi connectivity index (χ0) is 17.1. The van der Waals surface area contributed by atoms with Gasteiger partial charge in [0.05, 0.1) is 16.8 Å². The van der Waals surface area contributed by atoms with Crippen LogP contribution in [-0.4, -0.2) is 34.6 Å². The molecule has 1 aromatic carbocycles. The van der Waals surface area contributed by atoms with Gasteiger partial charge in [0.1, 0.15) is 11.1 Å². The van der Waals surface area contributed by atoms with E-state index in [-0.39, 0.29) is 5.91 Å². The molecule has 1 aromatic heterocycles. The molecular weight excluding hydrogens is 318 g/mol. The summed E-state index contributed by atoms with van der Waals surface area (Å²) in [6.45, 7) is 5.90. The molecule has 1 amide bonds. The average molecular weight is 339 g/mol. The minimum Gasteiger partial charge on any atom is -0.342 e. The first kappa shape index (κ1) is 16.8. The predicted molar refractivity (Wildman–Crippen MR) is 96.9 cm³/mol. The molecule has 4 nitrogen and oxygen atoms in total. The molecule has 0 N–H and O–H groups in total. The summed E-state index contributed by atoms with van der Waals surface area (Å²) in [4.78, 5) is 19.0. The molecule has 124 valence electrons. The molecule has 1 saturated heterocycles. The van der Waals surface area contributed by atoms with Gasteiger partial charge in [0.15, 0.2) is 0 Å². The lowest BCUT2D eigenvalue weighted by molar-refractivity contribution is -0.130. The van der Waals surface area contributed by atoms with Crippen LogP contribution in [-0.2, 0) is 4.79 Å². The maximum atomic E-state index is 12.4. The second-order valence-corrected chi connectivity index (χ2v) is 7.49. The van der Waals surface area contributed by atoms with Crippen molar-refractivity contribution in [2.75, 3.05) is 18.8 Å². The van der Waals surface area contributed by atoms with Gasteiger partial charge in [-0.15, -0.1) is 0 Å². The van der Waals surface area contributed by atoms with E-state index in [4.69, 9.17) is 0 Å². The summed E-state index contributed by atoms with van der Waals surface area (Å²) >= 11 is 1.37. The van der Waals surface area contributed by atoms with Crippen LogP contribution in [0.4, 0.5) is 0 Å². The number of hydrogen-bond acceptors (Lipinski definition) is 4. The number of carbonyl (C=O) groups is 1. The van der Waals surface area contributed by atoms with E-state index < -0.39 is 0 Å². The molecule has 1 aliphatic rings. The third-order valence-corrected chi connectivity index (χ3v) is 5.37. The molecule has 1 atom stereocenters. The molecule has 0 unspecified atom stereocenters. The van der Waals surface area contributed by atoms with Gasteiger partial charge in [-0.1, -0.05) is 30.3 Å². The van der Waals surface area contributed by atoms with E-state index in [0.717, 1.165) is 36.0 Å². The maximum absolute atomic E-state index is 12.4. The zero-order valence-electron chi connectivity index (χ0n) is 14.1. The molecule has 2 heterocycles. The standard InChI is InChI=1S/C19H21N3OS/c1-13-5-6-17-15(8-13)9-16(10-20)19(21-17)24-12-18(23)22-7-3-4-14(2)11-22/h5-6,8-9,14H,3-4,7,11-12H2,1-2H3/t14-/m1/s1. The summed E-state index contributed by atoms with van der Waals surface area (Å²) in [5.41, 5.74) is 2.54. The summed E-state index contributed by atoms with van der Waals surface area (Å²) in [6.07, 6.45) is 2.27. The highest BCUT2D eigenvalue weighted by atomic mass is 32.2. The average Bonchev–Trinajstić information content (AvgIpc) is 2.58. The lowest BCUT2D eigenvalue weighted by Crippen LogP contribution is -2.40. The van der Waals surface area contributed by atoms with Crippen molar-refractivity contribution < 1.29 is 4.79 Å². The molecule has 3 rings (SSSR count). The molecular formula is C19H21N3OS. The summed E-state index contributed by atoms with van der Waals surface area (Å²) in [6, 6.07) is 10.1. The van der Waals surface area contributed by atoms with Crippen LogP contribution in [0.25, 0.3) is 10.9 Å². The Morgan fingerprint density at radius 1 is 1.46 bits per heavy atom. The van der Waals surface area contributed by atoms with Crippen molar-refractivity contribution in [3.8, 4) is 6.07 Å². The van der Waals surface area contributed by atoms with Gasteiger partial charge < -0.3 is 4.90 Å². The second kappa shape index (κ2) is 7.23. The first-order chi connectivity index (χ1) is 11.6. The number of carbonyl (C=O) groups excluding carboxylic acids is 1. The minimum atomic E-state index is 0.140. The first-order valence-corrected chi connectivity index (χ1v) is 9.27. The Hall–Kier alpha value is -2.06. The molecule has 0 bridgehead atoms. The molecule has 0 saturated carbocycles. The molecule has 0 aliphatic carbocycles. The van der Waals surface area contributed by atoms with E-state index in [2.05, 4.69) is 18.0 Å². The Morgan fingerprint density at radius 3 is 3.04 bits per heavy atom. The molecule has 24 heavy (non-hydrogen) atoms. The van der Waals surface area contributed by atoms with Gasteiger partial charge in [0.25, 0.3) is 0 Å². The Kier molecular flexibility index (Phi) is 5.06. The number of aromatic nitrogens is 1. The van der Waals surface area contributed by atoms with Crippen molar-refractivity contribution in [2.24, 2.45) is 5.92 Å². The quantitative estimate of drug-likeness (QED) is 0.799. The monoisotopic (exact) mass is 339 g/mol. The van der Waals surface area contributed by atoms with Crippen LogP contribution in [0, 0.1) is 24.2 Å². The summed E-state index contributed by atoms with van der Waals surface area (Å²) < 4.78 is 0. The molecule has 0 radical (unpaired) electrons. The summed E-state index contributed by atoms with van der Waals surface area (Å²) in [5, 5.41) is 11.0. The number of benzene rings is 1. The normalized spacial score (nSPS) is 17.7. The topological polar surface area (TPSA) is 57.0 Å². The fourth-order valence-corrected chi connectivity index (χ4v) is 3.97. The van der Waals surface area contributed by atoms with Gasteiger partial charge in [0.2, 0.25) is 5.91 Å². The Bertz CT molecular complexity index is 812. The van der Waals surface area contributed by atoms with Gasteiger partial charge in [-0.3, -0.25) is 4.79 Å². The highest BCUT2D eigenvalue weighted by molar-refractivity contribution is 8.00. The number of hydrogen-bond donors (Lipinski definition) is 0. The number of nitrogens with zero attached hydrogens (tertiary/aromatic N) is 3. The van der Waals surface area contributed by atoms with E-state index in [9.17, 15) is 10.1 Å². The number of fused-ring (bicyclic) bond motifs is 1. The fourth-order valence-electron chi connectivity index (χ4n) is 3.11. The number of thioether (sulfide) groups is 1. The lowest BCUT2D eigenvalue weighted by atomic mass is 10.0.